The summed E-state index contributed by atoms with van der Waals surface area (Å²) in [6.45, 7) is 0. The lowest BCUT2D eigenvalue weighted by atomic mass is 10.1. The number of nitrogens with zero attached hydrogens (tertiary/aromatic N) is 2. The average molecular weight is 501 g/mol. The van der Waals surface area contributed by atoms with Crippen LogP contribution in [0, 0.1) is 0 Å². The van der Waals surface area contributed by atoms with Crippen molar-refractivity contribution < 1.29 is 13.0 Å². The van der Waals surface area contributed by atoms with Crippen LogP contribution in [0.15, 0.2) is 101 Å². The lowest BCUT2D eigenvalue weighted by Gasteiger charge is -2.16. The molecule has 1 heterocycles. The number of aromatic nitrogens is 2. The van der Waals surface area contributed by atoms with Gasteiger partial charge in [-0.05, 0) is 39.3 Å². The predicted octanol–water partition coefficient (Wildman–Crippen LogP) is 6.73. The molecule has 0 atom stereocenters. The number of halogens is 1. The maximum absolute atomic E-state index is 13.8. The van der Waals surface area contributed by atoms with Crippen molar-refractivity contribution >= 4 is 71.3 Å². The molecule has 6 aromatic rings. The zero-order valence-electron chi connectivity index (χ0n) is 18.1. The fraction of sp³-hybridized carbons (Fsp3) is 0. The number of hydrogen-bond donors (Lipinski definition) is 2. The van der Waals surface area contributed by atoms with E-state index >= 15 is 0 Å². The van der Waals surface area contributed by atoms with Crippen molar-refractivity contribution in [2.45, 2.75) is 4.90 Å². The molecule has 0 aliphatic heterocycles. The van der Waals surface area contributed by atoms with Gasteiger partial charge in [-0.25, -0.2) is 13.0 Å². The van der Waals surface area contributed by atoms with Crippen LogP contribution in [0.2, 0.25) is 5.02 Å². The highest BCUT2D eigenvalue weighted by molar-refractivity contribution is 7.93. The van der Waals surface area contributed by atoms with Crippen LogP contribution in [-0.4, -0.2) is 18.7 Å². The largest absolute Gasteiger partial charge is 0.354 e. The van der Waals surface area contributed by atoms with Crippen molar-refractivity contribution in [1.29, 1.82) is 0 Å². The van der Waals surface area contributed by atoms with Gasteiger partial charge in [0.1, 0.15) is 4.90 Å². The van der Waals surface area contributed by atoms with E-state index in [0.717, 1.165) is 27.2 Å². The van der Waals surface area contributed by atoms with Gasteiger partial charge in [-0.3, -0.25) is 4.72 Å². The molecule has 0 unspecified atom stereocenters. The molecule has 6 rings (SSSR count). The van der Waals surface area contributed by atoms with Crippen LogP contribution in [0.4, 0.5) is 17.1 Å². The molecule has 5 aromatic carbocycles. The fourth-order valence-corrected chi connectivity index (χ4v) is 5.83. The topological polar surface area (TPSA) is 97.1 Å². The summed E-state index contributed by atoms with van der Waals surface area (Å²) in [5.74, 6) is 0. The first-order valence-electron chi connectivity index (χ1n) is 10.7. The molecule has 7 nitrogen and oxygen atoms in total. The van der Waals surface area contributed by atoms with E-state index in [1.807, 2.05) is 72.8 Å². The number of sulfonamides is 1. The summed E-state index contributed by atoms with van der Waals surface area (Å²) in [6.07, 6.45) is 0. The summed E-state index contributed by atoms with van der Waals surface area (Å²) in [5.41, 5.74) is 1.61. The lowest BCUT2D eigenvalue weighted by Crippen LogP contribution is -2.16. The second-order valence-corrected chi connectivity index (χ2v) is 10.0. The second kappa shape index (κ2) is 8.26. The fourth-order valence-electron chi connectivity index (χ4n) is 4.24. The van der Waals surface area contributed by atoms with Crippen molar-refractivity contribution in [3.05, 3.63) is 96.0 Å². The van der Waals surface area contributed by atoms with Gasteiger partial charge < -0.3 is 5.32 Å². The van der Waals surface area contributed by atoms with Crippen molar-refractivity contribution in [2.75, 3.05) is 10.0 Å². The first-order valence-corrected chi connectivity index (χ1v) is 12.6. The number of benzene rings is 5. The van der Waals surface area contributed by atoms with Crippen LogP contribution in [0.25, 0.3) is 32.6 Å². The molecule has 0 amide bonds. The van der Waals surface area contributed by atoms with Crippen LogP contribution in [0.1, 0.15) is 0 Å². The van der Waals surface area contributed by atoms with Gasteiger partial charge >= 0.3 is 0 Å². The summed E-state index contributed by atoms with van der Waals surface area (Å²) < 4.78 is 35.3. The lowest BCUT2D eigenvalue weighted by molar-refractivity contribution is 0.315. The molecule has 9 heteroatoms. The monoisotopic (exact) mass is 500 g/mol. The zero-order chi connectivity index (χ0) is 24.0. The number of anilines is 3. The highest BCUT2D eigenvalue weighted by Crippen LogP contribution is 2.38. The minimum absolute atomic E-state index is 0.0352. The Hall–Kier alpha value is -4.14. The molecule has 172 valence electrons. The van der Waals surface area contributed by atoms with Gasteiger partial charge in [0.2, 0.25) is 0 Å². The Kier molecular flexibility index (Phi) is 5.05. The van der Waals surface area contributed by atoms with Gasteiger partial charge in [-0.15, -0.1) is 0 Å². The van der Waals surface area contributed by atoms with E-state index in [9.17, 15) is 8.42 Å². The number of nitrogens with one attached hydrogen (secondary N) is 2. The number of rotatable bonds is 5. The standard InChI is InChI=1S/C26H17ClN4O3S/c27-20-15-23(28-21-13-5-9-16-7-1-3-11-18(16)21)26(25-24(20)29-34-30-25)35(32,33)31-22-14-6-10-17-8-2-4-12-19(17)22/h1-15,28,31H. The third kappa shape index (κ3) is 3.73. The Morgan fingerprint density at radius 2 is 1.26 bits per heavy atom. The maximum atomic E-state index is 13.8. The molecule has 0 fully saturated rings. The van der Waals surface area contributed by atoms with Gasteiger partial charge in [-0.2, -0.15) is 0 Å². The van der Waals surface area contributed by atoms with E-state index in [1.54, 1.807) is 12.1 Å². The molecule has 0 bridgehead atoms. The van der Waals surface area contributed by atoms with Crippen molar-refractivity contribution in [3.8, 4) is 0 Å². The smallest absolute Gasteiger partial charge is 0.266 e. The molecule has 0 radical (unpaired) electrons. The molecule has 1 aromatic heterocycles. The summed E-state index contributed by atoms with van der Waals surface area (Å²) in [6, 6.07) is 28.0. The predicted molar refractivity (Wildman–Crippen MR) is 139 cm³/mol. The van der Waals surface area contributed by atoms with Gasteiger partial charge in [0.05, 0.1) is 16.4 Å². The van der Waals surface area contributed by atoms with Crippen molar-refractivity contribution in [1.82, 2.24) is 10.3 Å². The van der Waals surface area contributed by atoms with E-state index in [-0.39, 0.29) is 26.6 Å². The van der Waals surface area contributed by atoms with Crippen molar-refractivity contribution in [3.63, 3.8) is 0 Å². The first-order chi connectivity index (χ1) is 17.0. The zero-order valence-corrected chi connectivity index (χ0v) is 19.6. The highest BCUT2D eigenvalue weighted by Gasteiger charge is 2.28. The summed E-state index contributed by atoms with van der Waals surface area (Å²) in [5, 5.41) is 14.8. The Morgan fingerprint density at radius 3 is 1.97 bits per heavy atom. The second-order valence-electron chi connectivity index (χ2n) is 7.98. The van der Waals surface area contributed by atoms with Gasteiger partial charge in [-0.1, -0.05) is 84.4 Å². The first kappa shape index (κ1) is 21.4. The van der Waals surface area contributed by atoms with Crippen LogP contribution in [0.3, 0.4) is 0 Å². The Labute approximate surface area is 205 Å². The van der Waals surface area contributed by atoms with Crippen molar-refractivity contribution in [2.24, 2.45) is 0 Å². The normalized spacial score (nSPS) is 11.8. The molecule has 0 aliphatic carbocycles. The quantitative estimate of drug-likeness (QED) is 0.272. The van der Waals surface area contributed by atoms with E-state index in [1.165, 1.54) is 6.07 Å². The highest BCUT2D eigenvalue weighted by atomic mass is 35.5. The molecule has 35 heavy (non-hydrogen) atoms. The molecule has 0 saturated carbocycles. The van der Waals surface area contributed by atoms with Crippen LogP contribution >= 0.6 is 11.6 Å². The van der Waals surface area contributed by atoms with E-state index in [2.05, 4.69) is 20.4 Å². The minimum Gasteiger partial charge on any atom is -0.354 e. The molecular formula is C26H17ClN4O3S. The Morgan fingerprint density at radius 1 is 0.686 bits per heavy atom. The summed E-state index contributed by atoms with van der Waals surface area (Å²) >= 11 is 6.43. The summed E-state index contributed by atoms with van der Waals surface area (Å²) in [4.78, 5) is -0.112. The van der Waals surface area contributed by atoms with Gasteiger partial charge in [0.25, 0.3) is 10.0 Å². The van der Waals surface area contributed by atoms with Crippen LogP contribution in [-0.2, 0) is 10.0 Å². The van der Waals surface area contributed by atoms with E-state index < -0.39 is 10.0 Å². The molecule has 0 spiro atoms. The average Bonchev–Trinajstić information content (AvgIpc) is 3.34. The molecule has 0 saturated heterocycles. The Bertz CT molecular complexity index is 1840. The maximum Gasteiger partial charge on any atom is 0.266 e. The third-order valence-electron chi connectivity index (χ3n) is 5.81. The molecular weight excluding hydrogens is 484 g/mol. The SMILES string of the molecule is O=S(=O)(Nc1cccc2ccccc12)c1c(Nc2cccc3ccccc23)cc(Cl)c2nonc12. The van der Waals surface area contributed by atoms with E-state index in [4.69, 9.17) is 16.2 Å². The third-order valence-corrected chi connectivity index (χ3v) is 7.53. The number of hydrogen-bond acceptors (Lipinski definition) is 6. The number of fused-ring (bicyclic) bond motifs is 3. The summed E-state index contributed by atoms with van der Waals surface area (Å²) in [7, 11) is -4.16. The van der Waals surface area contributed by atoms with Gasteiger partial charge in [0.15, 0.2) is 11.0 Å². The van der Waals surface area contributed by atoms with Crippen LogP contribution < -0.4 is 10.0 Å². The van der Waals surface area contributed by atoms with Crippen LogP contribution in [0.5, 0.6) is 0 Å². The van der Waals surface area contributed by atoms with Gasteiger partial charge in [0, 0.05) is 16.5 Å². The minimum atomic E-state index is -4.16. The Balaban J connectivity index is 1.53. The molecule has 2 N–H and O–H groups in total. The van der Waals surface area contributed by atoms with E-state index in [0.29, 0.717) is 5.69 Å². The molecule has 0 aliphatic rings.